The molecule has 2 aliphatic heterocycles. The molecule has 3 unspecified atom stereocenters. The maximum atomic E-state index is 12.4. The first-order valence-corrected chi connectivity index (χ1v) is 7.37. The average molecular weight is 266 g/mol. The van der Waals surface area contributed by atoms with Crippen LogP contribution in [0.3, 0.4) is 0 Å². The third kappa shape index (κ3) is 2.41. The van der Waals surface area contributed by atoms with Crippen LogP contribution in [0.2, 0.25) is 0 Å². The summed E-state index contributed by atoms with van der Waals surface area (Å²) < 4.78 is 5.40. The molecule has 0 aromatic carbocycles. The Hall–Kier alpha value is -0.940. The fraction of sp³-hybridized carbons (Fsp3) is 0.857. The highest BCUT2D eigenvalue weighted by Gasteiger charge is 2.47. The lowest BCUT2D eigenvalue weighted by Crippen LogP contribution is -2.49. The van der Waals surface area contributed by atoms with E-state index in [1.54, 1.807) is 4.90 Å². The van der Waals surface area contributed by atoms with Crippen molar-refractivity contribution < 1.29 is 14.3 Å². The van der Waals surface area contributed by atoms with Crippen molar-refractivity contribution in [3.8, 4) is 0 Å². The highest BCUT2D eigenvalue weighted by Crippen LogP contribution is 2.31. The zero-order valence-electron chi connectivity index (χ0n) is 11.2. The Labute approximate surface area is 113 Å². The van der Waals surface area contributed by atoms with E-state index >= 15 is 0 Å². The number of hydrogen-bond acceptors (Lipinski definition) is 4. The van der Waals surface area contributed by atoms with Crippen LogP contribution < -0.4 is 5.73 Å². The van der Waals surface area contributed by atoms with Gasteiger partial charge in [0.2, 0.25) is 5.91 Å². The van der Waals surface area contributed by atoms with Gasteiger partial charge in [0.05, 0.1) is 12.1 Å². The van der Waals surface area contributed by atoms with Crippen LogP contribution in [0.5, 0.6) is 0 Å². The molecule has 0 bridgehead atoms. The number of hydrogen-bond donors (Lipinski definition) is 1. The van der Waals surface area contributed by atoms with Crippen molar-refractivity contribution in [3.05, 3.63) is 0 Å². The Morgan fingerprint density at radius 1 is 1.37 bits per heavy atom. The second kappa shape index (κ2) is 5.21. The van der Waals surface area contributed by atoms with E-state index in [2.05, 4.69) is 0 Å². The number of fused-ring (bicyclic) bond motifs is 1. The molecule has 5 nitrogen and oxygen atoms in total. The molecule has 2 saturated heterocycles. The Kier molecular flexibility index (Phi) is 3.58. The summed E-state index contributed by atoms with van der Waals surface area (Å²) in [6, 6.07) is -0.808. The number of nitrogens with zero attached hydrogens (tertiary/aromatic N) is 1. The van der Waals surface area contributed by atoms with Gasteiger partial charge in [0.25, 0.3) is 0 Å². The SMILES string of the molecule is NC(CC1CCCC1)C(=O)N1CCC2OCC(=O)C21. The minimum absolute atomic E-state index is 0.0314. The van der Waals surface area contributed by atoms with Crippen molar-refractivity contribution in [2.75, 3.05) is 13.2 Å². The lowest BCUT2D eigenvalue weighted by Gasteiger charge is -2.26. The number of ether oxygens (including phenoxy) is 1. The average Bonchev–Trinajstić information content (AvgIpc) is 3.08. The number of amides is 1. The summed E-state index contributed by atoms with van der Waals surface area (Å²) in [5.74, 6) is 0.565. The number of carbonyl (C=O) groups is 2. The summed E-state index contributed by atoms with van der Waals surface area (Å²) in [6.45, 7) is 0.759. The van der Waals surface area contributed by atoms with Gasteiger partial charge in [-0.25, -0.2) is 0 Å². The van der Waals surface area contributed by atoms with Gasteiger partial charge in [-0.15, -0.1) is 0 Å². The first kappa shape index (κ1) is 13.1. The van der Waals surface area contributed by atoms with Crippen LogP contribution in [-0.2, 0) is 14.3 Å². The van der Waals surface area contributed by atoms with E-state index in [0.717, 1.165) is 12.8 Å². The van der Waals surface area contributed by atoms with Gasteiger partial charge in [0.1, 0.15) is 12.6 Å². The number of carbonyl (C=O) groups excluding carboxylic acids is 2. The Morgan fingerprint density at radius 3 is 2.84 bits per heavy atom. The third-order valence-electron chi connectivity index (χ3n) is 4.77. The second-order valence-corrected chi connectivity index (χ2v) is 6.07. The number of Topliss-reactive ketones (excluding diaryl/α,β-unsaturated/α-hetero) is 1. The molecule has 2 heterocycles. The number of ketones is 1. The summed E-state index contributed by atoms with van der Waals surface area (Å²) >= 11 is 0. The Bertz CT molecular complexity index is 379. The van der Waals surface area contributed by atoms with Crippen LogP contribution in [0, 0.1) is 5.92 Å². The fourth-order valence-electron chi connectivity index (χ4n) is 3.76. The lowest BCUT2D eigenvalue weighted by atomic mass is 9.98. The molecule has 19 heavy (non-hydrogen) atoms. The van der Waals surface area contributed by atoms with E-state index < -0.39 is 6.04 Å². The van der Waals surface area contributed by atoms with Crippen molar-refractivity contribution in [3.63, 3.8) is 0 Å². The maximum Gasteiger partial charge on any atom is 0.240 e. The molecular weight excluding hydrogens is 244 g/mol. The normalized spacial score (nSPS) is 32.9. The minimum atomic E-state index is -0.449. The Balaban J connectivity index is 1.61. The molecule has 1 amide bonds. The highest BCUT2D eigenvalue weighted by atomic mass is 16.5. The van der Waals surface area contributed by atoms with Gasteiger partial charge in [0.15, 0.2) is 5.78 Å². The van der Waals surface area contributed by atoms with Gasteiger partial charge < -0.3 is 15.4 Å². The molecule has 0 spiro atoms. The Morgan fingerprint density at radius 2 is 2.11 bits per heavy atom. The van der Waals surface area contributed by atoms with Crippen molar-refractivity contribution in [1.82, 2.24) is 4.90 Å². The summed E-state index contributed by atoms with van der Waals surface area (Å²) in [7, 11) is 0. The van der Waals surface area contributed by atoms with Gasteiger partial charge in [-0.1, -0.05) is 25.7 Å². The van der Waals surface area contributed by atoms with Gasteiger partial charge in [-0.2, -0.15) is 0 Å². The minimum Gasteiger partial charge on any atom is -0.368 e. The molecule has 3 atom stereocenters. The van der Waals surface area contributed by atoms with Crippen LogP contribution >= 0.6 is 0 Å². The molecule has 0 aromatic heterocycles. The van der Waals surface area contributed by atoms with E-state index in [9.17, 15) is 9.59 Å². The molecule has 0 aromatic rings. The topological polar surface area (TPSA) is 72.6 Å². The van der Waals surface area contributed by atoms with E-state index in [0.29, 0.717) is 12.5 Å². The number of nitrogens with two attached hydrogens (primary N) is 1. The number of likely N-dealkylation sites (tertiary alicyclic amines) is 1. The van der Waals surface area contributed by atoms with E-state index in [-0.39, 0.29) is 30.4 Å². The molecule has 3 rings (SSSR count). The molecule has 3 aliphatic rings. The second-order valence-electron chi connectivity index (χ2n) is 6.07. The predicted octanol–water partition coefficient (Wildman–Crippen LogP) is 0.463. The molecule has 5 heteroatoms. The van der Waals surface area contributed by atoms with E-state index in [1.165, 1.54) is 25.7 Å². The number of rotatable bonds is 3. The standard InChI is InChI=1S/C14H22N2O3/c15-10(7-9-3-1-2-4-9)14(18)16-6-5-12-13(16)11(17)8-19-12/h9-10,12-13H,1-8,15H2. The summed E-state index contributed by atoms with van der Waals surface area (Å²) in [4.78, 5) is 25.9. The summed E-state index contributed by atoms with van der Waals surface area (Å²) in [6.07, 6.45) is 6.33. The van der Waals surface area contributed by atoms with Crippen molar-refractivity contribution in [2.24, 2.45) is 11.7 Å². The van der Waals surface area contributed by atoms with Gasteiger partial charge in [0, 0.05) is 6.54 Å². The van der Waals surface area contributed by atoms with Crippen LogP contribution in [0.25, 0.3) is 0 Å². The van der Waals surface area contributed by atoms with E-state index in [4.69, 9.17) is 10.5 Å². The molecule has 1 saturated carbocycles. The quantitative estimate of drug-likeness (QED) is 0.805. The van der Waals surface area contributed by atoms with Gasteiger partial charge in [-0.05, 0) is 18.8 Å². The van der Waals surface area contributed by atoms with Crippen LogP contribution in [-0.4, -0.2) is 47.9 Å². The van der Waals surface area contributed by atoms with Crippen molar-refractivity contribution in [2.45, 2.75) is 56.7 Å². The van der Waals surface area contributed by atoms with Crippen molar-refractivity contribution >= 4 is 11.7 Å². The van der Waals surface area contributed by atoms with E-state index in [1.807, 2.05) is 0 Å². The molecule has 0 radical (unpaired) electrons. The van der Waals surface area contributed by atoms with Crippen LogP contribution in [0.4, 0.5) is 0 Å². The summed E-state index contributed by atoms with van der Waals surface area (Å²) in [5.41, 5.74) is 6.06. The van der Waals surface area contributed by atoms with Crippen molar-refractivity contribution in [1.29, 1.82) is 0 Å². The maximum absolute atomic E-state index is 12.4. The van der Waals surface area contributed by atoms with Crippen LogP contribution in [0.1, 0.15) is 38.5 Å². The third-order valence-corrected chi connectivity index (χ3v) is 4.77. The molecule has 106 valence electrons. The first-order valence-electron chi connectivity index (χ1n) is 7.37. The van der Waals surface area contributed by atoms with Crippen LogP contribution in [0.15, 0.2) is 0 Å². The smallest absolute Gasteiger partial charge is 0.240 e. The largest absolute Gasteiger partial charge is 0.368 e. The van der Waals surface area contributed by atoms with Gasteiger partial charge >= 0.3 is 0 Å². The predicted molar refractivity (Wildman–Crippen MR) is 69.4 cm³/mol. The molecule has 3 fully saturated rings. The summed E-state index contributed by atoms with van der Waals surface area (Å²) in [5, 5.41) is 0. The molecule has 1 aliphatic carbocycles. The highest BCUT2D eigenvalue weighted by molar-refractivity contribution is 5.93. The molecule has 2 N–H and O–H groups in total. The lowest BCUT2D eigenvalue weighted by molar-refractivity contribution is -0.137. The monoisotopic (exact) mass is 266 g/mol. The van der Waals surface area contributed by atoms with Gasteiger partial charge in [-0.3, -0.25) is 9.59 Å². The fourth-order valence-corrected chi connectivity index (χ4v) is 3.76. The zero-order valence-corrected chi connectivity index (χ0v) is 11.2. The zero-order chi connectivity index (χ0) is 13.4. The molecular formula is C14H22N2O3. The first-order chi connectivity index (χ1) is 9.16.